The van der Waals surface area contributed by atoms with E-state index in [0.717, 1.165) is 5.90 Å². The van der Waals surface area contributed by atoms with E-state index in [2.05, 4.69) is 22.5 Å². The summed E-state index contributed by atoms with van der Waals surface area (Å²) >= 11 is 0. The fraction of sp³-hybridized carbons (Fsp3) is 0.625. The minimum Gasteiger partial charge on any atom is -0.473 e. The van der Waals surface area contributed by atoms with Crippen LogP contribution in [0.4, 0.5) is 0 Å². The quantitative estimate of drug-likeness (QED) is 0.549. The standard InChI is InChI=1S/C8H12N2O/c1-5-10-7-4-3-6(9-2)8(7)11-5/h3-4,6-9H,1-2H3/t6-,7-,8+/m1/s1. The zero-order valence-corrected chi connectivity index (χ0v) is 6.74. The first kappa shape index (κ1) is 6.85. The zero-order valence-electron chi connectivity index (χ0n) is 6.74. The SMILES string of the molecule is CN[C@@H]1C=C[C@H]2N=C(C)O[C@H]21. The molecular weight excluding hydrogens is 140 g/mol. The van der Waals surface area contributed by atoms with Crippen molar-refractivity contribution in [1.29, 1.82) is 0 Å². The molecule has 0 aromatic rings. The van der Waals surface area contributed by atoms with Crippen LogP contribution in [0.1, 0.15) is 6.92 Å². The van der Waals surface area contributed by atoms with E-state index in [1.54, 1.807) is 0 Å². The lowest BCUT2D eigenvalue weighted by atomic mass is 10.2. The highest BCUT2D eigenvalue weighted by molar-refractivity contribution is 5.76. The second-order valence-electron chi connectivity index (χ2n) is 2.92. The smallest absolute Gasteiger partial charge is 0.181 e. The maximum absolute atomic E-state index is 5.51. The Labute approximate surface area is 66.2 Å². The Morgan fingerprint density at radius 1 is 1.55 bits per heavy atom. The largest absolute Gasteiger partial charge is 0.473 e. The van der Waals surface area contributed by atoms with Crippen LogP contribution in [0, 0.1) is 0 Å². The average molecular weight is 152 g/mol. The number of hydrogen-bond acceptors (Lipinski definition) is 3. The molecule has 0 unspecified atom stereocenters. The lowest BCUT2D eigenvalue weighted by molar-refractivity contribution is 0.186. The Hall–Kier alpha value is -0.830. The third kappa shape index (κ3) is 0.959. The van der Waals surface area contributed by atoms with Crippen molar-refractivity contribution in [2.75, 3.05) is 7.05 Å². The van der Waals surface area contributed by atoms with Crippen LogP contribution in [0.2, 0.25) is 0 Å². The van der Waals surface area contributed by atoms with Gasteiger partial charge < -0.3 is 10.1 Å². The molecule has 0 radical (unpaired) electrons. The van der Waals surface area contributed by atoms with E-state index in [9.17, 15) is 0 Å². The van der Waals surface area contributed by atoms with E-state index in [-0.39, 0.29) is 12.1 Å². The lowest BCUT2D eigenvalue weighted by Gasteiger charge is -2.16. The van der Waals surface area contributed by atoms with Gasteiger partial charge in [-0.2, -0.15) is 0 Å². The van der Waals surface area contributed by atoms with Crippen LogP contribution in [0.5, 0.6) is 0 Å². The second kappa shape index (κ2) is 2.34. The molecule has 0 amide bonds. The van der Waals surface area contributed by atoms with Crippen LogP contribution in [-0.2, 0) is 4.74 Å². The van der Waals surface area contributed by atoms with Crippen molar-refractivity contribution in [3.8, 4) is 0 Å². The number of nitrogens with one attached hydrogen (secondary N) is 1. The van der Waals surface area contributed by atoms with Gasteiger partial charge in [0.2, 0.25) is 0 Å². The summed E-state index contributed by atoms with van der Waals surface area (Å²) in [5.41, 5.74) is 0. The molecule has 3 heteroatoms. The molecule has 1 aliphatic heterocycles. The van der Waals surface area contributed by atoms with Crippen molar-refractivity contribution >= 4 is 5.90 Å². The number of ether oxygens (including phenoxy) is 1. The molecule has 0 saturated heterocycles. The minimum absolute atomic E-state index is 0.208. The van der Waals surface area contributed by atoms with E-state index in [0.29, 0.717) is 6.04 Å². The van der Waals surface area contributed by atoms with Gasteiger partial charge >= 0.3 is 0 Å². The number of aliphatic imine (C=N–C) groups is 1. The molecule has 0 aromatic heterocycles. The van der Waals surface area contributed by atoms with Crippen LogP contribution in [-0.4, -0.2) is 31.1 Å². The first-order valence-corrected chi connectivity index (χ1v) is 3.88. The van der Waals surface area contributed by atoms with Gasteiger partial charge in [-0.3, -0.25) is 0 Å². The van der Waals surface area contributed by atoms with Gasteiger partial charge in [0.15, 0.2) is 5.90 Å². The number of hydrogen-bond donors (Lipinski definition) is 1. The molecule has 0 spiro atoms. The molecule has 0 saturated carbocycles. The monoisotopic (exact) mass is 152 g/mol. The Balaban J connectivity index is 2.14. The molecule has 0 fully saturated rings. The third-order valence-electron chi connectivity index (χ3n) is 2.18. The summed E-state index contributed by atoms with van der Waals surface area (Å²) in [6, 6.07) is 0.591. The number of rotatable bonds is 1. The summed E-state index contributed by atoms with van der Waals surface area (Å²) < 4.78 is 5.51. The van der Waals surface area contributed by atoms with Crippen molar-refractivity contribution in [2.24, 2.45) is 4.99 Å². The summed E-state index contributed by atoms with van der Waals surface area (Å²) in [4.78, 5) is 4.32. The highest BCUT2D eigenvalue weighted by Crippen LogP contribution is 2.23. The molecule has 2 aliphatic rings. The molecule has 1 N–H and O–H groups in total. The minimum atomic E-state index is 0.208. The number of nitrogens with zero attached hydrogens (tertiary/aromatic N) is 1. The molecule has 60 valence electrons. The van der Waals surface area contributed by atoms with Gasteiger partial charge in [0.1, 0.15) is 12.1 Å². The van der Waals surface area contributed by atoms with Crippen molar-refractivity contribution in [2.45, 2.75) is 25.1 Å². The maximum atomic E-state index is 5.51. The van der Waals surface area contributed by atoms with Gasteiger partial charge in [0.05, 0.1) is 6.04 Å². The summed E-state index contributed by atoms with van der Waals surface area (Å²) in [7, 11) is 1.94. The van der Waals surface area contributed by atoms with Crippen LogP contribution >= 0.6 is 0 Å². The van der Waals surface area contributed by atoms with E-state index in [1.165, 1.54) is 0 Å². The Bertz CT molecular complexity index is 222. The predicted octanol–water partition coefficient (Wildman–Crippen LogP) is 0.330. The topological polar surface area (TPSA) is 33.6 Å². The van der Waals surface area contributed by atoms with Crippen LogP contribution in [0.15, 0.2) is 17.1 Å². The van der Waals surface area contributed by atoms with Crippen LogP contribution in [0.3, 0.4) is 0 Å². The van der Waals surface area contributed by atoms with E-state index in [4.69, 9.17) is 4.74 Å². The first-order valence-electron chi connectivity index (χ1n) is 3.88. The highest BCUT2D eigenvalue weighted by Gasteiger charge is 2.36. The predicted molar refractivity (Wildman–Crippen MR) is 43.8 cm³/mol. The molecular formula is C8H12N2O. The lowest BCUT2D eigenvalue weighted by Crippen LogP contribution is -2.37. The van der Waals surface area contributed by atoms with Gasteiger partial charge in [-0.25, -0.2) is 4.99 Å². The summed E-state index contributed by atoms with van der Waals surface area (Å²) in [6.45, 7) is 1.90. The van der Waals surface area contributed by atoms with Gasteiger partial charge in [-0.05, 0) is 7.05 Å². The van der Waals surface area contributed by atoms with Gasteiger partial charge in [0, 0.05) is 6.92 Å². The first-order chi connectivity index (χ1) is 5.31. The highest BCUT2D eigenvalue weighted by atomic mass is 16.5. The van der Waals surface area contributed by atoms with Gasteiger partial charge in [-0.15, -0.1) is 0 Å². The van der Waals surface area contributed by atoms with Crippen molar-refractivity contribution in [3.63, 3.8) is 0 Å². The normalized spacial score (nSPS) is 40.2. The van der Waals surface area contributed by atoms with Crippen molar-refractivity contribution in [1.82, 2.24) is 5.32 Å². The van der Waals surface area contributed by atoms with Gasteiger partial charge in [-0.1, -0.05) is 12.2 Å². The molecule has 1 heterocycles. The molecule has 3 atom stereocenters. The Kier molecular flexibility index (Phi) is 1.46. The fourth-order valence-electron chi connectivity index (χ4n) is 1.62. The van der Waals surface area contributed by atoms with Gasteiger partial charge in [0.25, 0.3) is 0 Å². The number of likely N-dealkylation sites (N-methyl/N-ethyl adjacent to an activating group) is 1. The molecule has 0 aromatic carbocycles. The summed E-state index contributed by atoms with van der Waals surface area (Å²) in [5, 5.41) is 3.17. The second-order valence-corrected chi connectivity index (χ2v) is 2.92. The molecule has 3 nitrogen and oxygen atoms in total. The van der Waals surface area contributed by atoms with Crippen molar-refractivity contribution in [3.05, 3.63) is 12.2 Å². The van der Waals surface area contributed by atoms with E-state index >= 15 is 0 Å². The Morgan fingerprint density at radius 3 is 3.09 bits per heavy atom. The summed E-state index contributed by atoms with van der Waals surface area (Å²) in [5.74, 6) is 0.810. The summed E-state index contributed by atoms with van der Waals surface area (Å²) in [6.07, 6.45) is 4.42. The number of fused-ring (bicyclic) bond motifs is 1. The maximum Gasteiger partial charge on any atom is 0.181 e. The van der Waals surface area contributed by atoms with E-state index in [1.807, 2.05) is 14.0 Å². The van der Waals surface area contributed by atoms with Crippen molar-refractivity contribution < 1.29 is 4.74 Å². The fourth-order valence-corrected chi connectivity index (χ4v) is 1.62. The zero-order chi connectivity index (χ0) is 7.84. The van der Waals surface area contributed by atoms with Crippen LogP contribution in [0.25, 0.3) is 0 Å². The molecule has 0 bridgehead atoms. The third-order valence-corrected chi connectivity index (χ3v) is 2.18. The van der Waals surface area contributed by atoms with E-state index < -0.39 is 0 Å². The molecule has 1 aliphatic carbocycles. The molecule has 2 rings (SSSR count). The van der Waals surface area contributed by atoms with Crippen LogP contribution < -0.4 is 5.32 Å². The molecule has 11 heavy (non-hydrogen) atoms. The average Bonchev–Trinajstić information content (AvgIpc) is 2.45. The Morgan fingerprint density at radius 2 is 2.36 bits per heavy atom.